The van der Waals surface area contributed by atoms with Crippen LogP contribution in [0.4, 0.5) is 0 Å². The van der Waals surface area contributed by atoms with Crippen molar-refractivity contribution in [2.75, 3.05) is 13.1 Å². The van der Waals surface area contributed by atoms with E-state index in [2.05, 4.69) is 17.0 Å². The first-order valence-electron chi connectivity index (χ1n) is 8.01. The molecule has 1 aromatic carbocycles. The van der Waals surface area contributed by atoms with Crippen LogP contribution in [0.3, 0.4) is 0 Å². The van der Waals surface area contributed by atoms with Gasteiger partial charge in [0, 0.05) is 23.7 Å². The molecule has 1 aliphatic heterocycles. The van der Waals surface area contributed by atoms with Gasteiger partial charge < -0.3 is 5.73 Å². The Bertz CT molecular complexity index is 429. The maximum Gasteiger partial charge on any atom is 0.0473 e. The van der Waals surface area contributed by atoms with Crippen molar-refractivity contribution in [1.82, 2.24) is 4.90 Å². The minimum atomic E-state index is 0.359. The molecule has 2 fully saturated rings. The van der Waals surface area contributed by atoms with Gasteiger partial charge in [0.2, 0.25) is 0 Å². The third-order valence-electron chi connectivity index (χ3n) is 5.16. The Kier molecular flexibility index (Phi) is 4.65. The molecule has 1 aliphatic carbocycles. The molecule has 1 heterocycles. The number of fused-ring (bicyclic) bond motifs is 1. The molecular weight excluding hydrogens is 268 g/mol. The molecule has 2 nitrogen and oxygen atoms in total. The van der Waals surface area contributed by atoms with Crippen molar-refractivity contribution in [3.05, 3.63) is 34.9 Å². The SMILES string of the molecule is NCC(c1ccc(Cl)cc1)N1CCC[C@H]2CCCC[C@H]21. The lowest BCUT2D eigenvalue weighted by Gasteiger charge is -2.47. The van der Waals surface area contributed by atoms with Gasteiger partial charge in [-0.25, -0.2) is 0 Å². The van der Waals surface area contributed by atoms with Gasteiger partial charge in [0.1, 0.15) is 0 Å². The van der Waals surface area contributed by atoms with Gasteiger partial charge in [-0.05, 0) is 55.8 Å². The largest absolute Gasteiger partial charge is 0.329 e. The van der Waals surface area contributed by atoms with Crippen LogP contribution >= 0.6 is 11.6 Å². The average Bonchev–Trinajstić information content (AvgIpc) is 2.50. The van der Waals surface area contributed by atoms with E-state index >= 15 is 0 Å². The minimum absolute atomic E-state index is 0.359. The fourth-order valence-electron chi connectivity index (χ4n) is 4.20. The van der Waals surface area contributed by atoms with Gasteiger partial charge in [-0.2, -0.15) is 0 Å². The summed E-state index contributed by atoms with van der Waals surface area (Å²) < 4.78 is 0. The first-order valence-corrected chi connectivity index (χ1v) is 8.38. The summed E-state index contributed by atoms with van der Waals surface area (Å²) in [5.74, 6) is 0.902. The summed E-state index contributed by atoms with van der Waals surface area (Å²) >= 11 is 6.01. The van der Waals surface area contributed by atoms with E-state index in [0.29, 0.717) is 12.6 Å². The molecule has 3 atom stereocenters. The average molecular weight is 293 g/mol. The van der Waals surface area contributed by atoms with Crippen LogP contribution in [0.25, 0.3) is 0 Å². The third-order valence-corrected chi connectivity index (χ3v) is 5.42. The Hall–Kier alpha value is -0.570. The number of rotatable bonds is 3. The zero-order chi connectivity index (χ0) is 13.9. The standard InChI is InChI=1S/C17H25ClN2/c18-15-9-7-14(8-10-15)17(12-19)20-11-3-5-13-4-1-2-6-16(13)20/h7-10,13,16-17H,1-6,11-12,19H2/t13-,16-,17?/m1/s1. The van der Waals surface area contributed by atoms with Crippen LogP contribution in [-0.2, 0) is 0 Å². The maximum atomic E-state index is 6.12. The summed E-state index contributed by atoms with van der Waals surface area (Å²) in [6.07, 6.45) is 8.32. The van der Waals surface area contributed by atoms with Crippen molar-refractivity contribution >= 4 is 11.6 Å². The molecule has 2 N–H and O–H groups in total. The highest BCUT2D eigenvalue weighted by Gasteiger charge is 2.36. The monoisotopic (exact) mass is 292 g/mol. The second kappa shape index (κ2) is 6.46. The Labute approximate surface area is 127 Å². The second-order valence-electron chi connectivity index (χ2n) is 6.29. The van der Waals surface area contributed by atoms with Gasteiger partial charge >= 0.3 is 0 Å². The molecule has 0 aromatic heterocycles. The topological polar surface area (TPSA) is 29.3 Å². The van der Waals surface area contributed by atoms with Crippen molar-refractivity contribution < 1.29 is 0 Å². The fraction of sp³-hybridized carbons (Fsp3) is 0.647. The van der Waals surface area contributed by atoms with Gasteiger partial charge in [-0.15, -0.1) is 0 Å². The number of nitrogens with two attached hydrogens (primary N) is 1. The first-order chi connectivity index (χ1) is 9.79. The number of likely N-dealkylation sites (tertiary alicyclic amines) is 1. The van der Waals surface area contributed by atoms with Gasteiger partial charge in [0.15, 0.2) is 0 Å². The van der Waals surface area contributed by atoms with Gasteiger partial charge in [-0.3, -0.25) is 4.90 Å². The molecule has 3 rings (SSSR count). The van der Waals surface area contributed by atoms with E-state index in [-0.39, 0.29) is 0 Å². The van der Waals surface area contributed by atoms with Crippen LogP contribution in [0.5, 0.6) is 0 Å². The van der Waals surface area contributed by atoms with Crippen molar-refractivity contribution in [3.8, 4) is 0 Å². The van der Waals surface area contributed by atoms with E-state index < -0.39 is 0 Å². The summed E-state index contributed by atoms with van der Waals surface area (Å²) in [7, 11) is 0. The molecule has 1 saturated heterocycles. The van der Waals surface area contributed by atoms with Gasteiger partial charge in [0.05, 0.1) is 0 Å². The molecule has 20 heavy (non-hydrogen) atoms. The number of hydrogen-bond acceptors (Lipinski definition) is 2. The number of nitrogens with zero attached hydrogens (tertiary/aromatic N) is 1. The lowest BCUT2D eigenvalue weighted by atomic mass is 9.77. The molecule has 0 radical (unpaired) electrons. The minimum Gasteiger partial charge on any atom is -0.329 e. The molecule has 1 unspecified atom stereocenters. The number of piperidine rings is 1. The maximum absolute atomic E-state index is 6.12. The summed E-state index contributed by atoms with van der Waals surface area (Å²) in [6.45, 7) is 1.90. The predicted octanol–water partition coefficient (Wildman–Crippen LogP) is 3.99. The quantitative estimate of drug-likeness (QED) is 0.912. The van der Waals surface area contributed by atoms with E-state index in [9.17, 15) is 0 Å². The Balaban J connectivity index is 1.82. The van der Waals surface area contributed by atoms with E-state index in [4.69, 9.17) is 17.3 Å². The molecule has 2 aliphatic rings. The second-order valence-corrected chi connectivity index (χ2v) is 6.73. The third kappa shape index (κ3) is 2.88. The summed E-state index contributed by atoms with van der Waals surface area (Å²) in [4.78, 5) is 2.69. The lowest BCUT2D eigenvalue weighted by molar-refractivity contribution is 0.0276. The molecular formula is C17H25ClN2. The van der Waals surface area contributed by atoms with Crippen LogP contribution in [0.1, 0.15) is 50.1 Å². The molecule has 1 saturated carbocycles. The van der Waals surface area contributed by atoms with E-state index in [1.165, 1.54) is 50.6 Å². The molecule has 110 valence electrons. The number of halogens is 1. The molecule has 3 heteroatoms. The lowest BCUT2D eigenvalue weighted by Crippen LogP contribution is -2.49. The summed E-state index contributed by atoms with van der Waals surface area (Å²) in [6, 6.07) is 9.38. The van der Waals surface area contributed by atoms with Crippen LogP contribution in [0, 0.1) is 5.92 Å². The molecule has 0 amide bonds. The summed E-state index contributed by atoms with van der Waals surface area (Å²) in [5, 5.41) is 0.804. The highest BCUT2D eigenvalue weighted by atomic mass is 35.5. The Morgan fingerprint density at radius 3 is 2.55 bits per heavy atom. The molecule has 0 spiro atoms. The highest BCUT2D eigenvalue weighted by molar-refractivity contribution is 6.30. The smallest absolute Gasteiger partial charge is 0.0473 e. The van der Waals surface area contributed by atoms with E-state index in [1.807, 2.05) is 12.1 Å². The van der Waals surface area contributed by atoms with Crippen LogP contribution < -0.4 is 5.73 Å². The van der Waals surface area contributed by atoms with Crippen molar-refractivity contribution in [2.24, 2.45) is 11.7 Å². The van der Waals surface area contributed by atoms with Gasteiger partial charge in [-0.1, -0.05) is 36.6 Å². The normalized spacial score (nSPS) is 28.9. The highest BCUT2D eigenvalue weighted by Crippen LogP contribution is 2.39. The number of benzene rings is 1. The van der Waals surface area contributed by atoms with Gasteiger partial charge in [0.25, 0.3) is 0 Å². The van der Waals surface area contributed by atoms with Crippen molar-refractivity contribution in [1.29, 1.82) is 0 Å². The summed E-state index contributed by atoms with van der Waals surface area (Å²) in [5.41, 5.74) is 7.44. The Morgan fingerprint density at radius 2 is 1.80 bits per heavy atom. The zero-order valence-corrected chi connectivity index (χ0v) is 12.9. The Morgan fingerprint density at radius 1 is 1.10 bits per heavy atom. The fourth-order valence-corrected chi connectivity index (χ4v) is 4.32. The van der Waals surface area contributed by atoms with Crippen molar-refractivity contribution in [3.63, 3.8) is 0 Å². The number of hydrogen-bond donors (Lipinski definition) is 1. The van der Waals surface area contributed by atoms with Crippen LogP contribution in [-0.4, -0.2) is 24.0 Å². The molecule has 0 bridgehead atoms. The predicted molar refractivity (Wildman–Crippen MR) is 84.9 cm³/mol. The van der Waals surface area contributed by atoms with E-state index in [0.717, 1.165) is 17.0 Å². The van der Waals surface area contributed by atoms with Crippen LogP contribution in [0.2, 0.25) is 5.02 Å². The first kappa shape index (κ1) is 14.4. The van der Waals surface area contributed by atoms with E-state index in [1.54, 1.807) is 0 Å². The van der Waals surface area contributed by atoms with Crippen LogP contribution in [0.15, 0.2) is 24.3 Å². The zero-order valence-electron chi connectivity index (χ0n) is 12.1. The molecule has 1 aromatic rings. The van der Waals surface area contributed by atoms with Crippen molar-refractivity contribution in [2.45, 2.75) is 50.6 Å².